The third kappa shape index (κ3) is 4.71. The molecule has 0 spiro atoms. The lowest BCUT2D eigenvalue weighted by Crippen LogP contribution is -2.27. The summed E-state index contributed by atoms with van der Waals surface area (Å²) in [5.74, 6) is -0.310. The number of carbonyl (C=O) groups excluding carboxylic acids is 1. The maximum atomic E-state index is 11.9. The molecule has 2 nitrogen and oxygen atoms in total. The summed E-state index contributed by atoms with van der Waals surface area (Å²) in [6.45, 7) is 12.7. The number of carbonyl (C=O) groups is 1. The number of halogens is 1. The first-order valence-corrected chi connectivity index (χ1v) is 16.8. The van der Waals surface area contributed by atoms with Crippen LogP contribution >= 0.6 is 15.9 Å². The Balaban J connectivity index is 1.33. The minimum atomic E-state index is -0.310. The number of ether oxygens (including phenoxy) is 1. The van der Waals surface area contributed by atoms with E-state index < -0.39 is 0 Å². The molecular weight excluding hydrogens is 616 g/mol. The predicted molar refractivity (Wildman–Crippen MR) is 193 cm³/mol. The average molecular weight is 654 g/mol. The highest BCUT2D eigenvalue weighted by molar-refractivity contribution is 9.10. The summed E-state index contributed by atoms with van der Waals surface area (Å²) in [7, 11) is 0. The Morgan fingerprint density at radius 3 is 2.24 bits per heavy atom. The molecule has 1 atom stereocenters. The van der Waals surface area contributed by atoms with Crippen molar-refractivity contribution in [3.8, 4) is 22.3 Å². The summed E-state index contributed by atoms with van der Waals surface area (Å²) < 4.78 is 6.49. The molecule has 0 saturated carbocycles. The van der Waals surface area contributed by atoms with Gasteiger partial charge in [0.25, 0.3) is 0 Å². The second-order valence-corrected chi connectivity index (χ2v) is 13.3. The van der Waals surface area contributed by atoms with Crippen molar-refractivity contribution in [2.45, 2.75) is 51.4 Å². The lowest BCUT2D eigenvalue weighted by atomic mass is 9.68. The molecule has 0 aromatic heterocycles. The van der Waals surface area contributed by atoms with E-state index in [9.17, 15) is 4.79 Å². The zero-order valence-electron chi connectivity index (χ0n) is 26.0. The quantitative estimate of drug-likeness (QED) is 0.0484. The molecule has 1 aliphatic carbocycles. The van der Waals surface area contributed by atoms with Crippen molar-refractivity contribution in [1.82, 2.24) is 0 Å². The number of hydrogen-bond donors (Lipinski definition) is 0. The van der Waals surface area contributed by atoms with Crippen molar-refractivity contribution >= 4 is 54.2 Å². The summed E-state index contributed by atoms with van der Waals surface area (Å²) in [5, 5.41) is 7.70. The first kappa shape index (κ1) is 29.5. The van der Waals surface area contributed by atoms with E-state index in [1.54, 1.807) is 6.92 Å². The highest BCUT2D eigenvalue weighted by atomic mass is 79.9. The predicted octanol–water partition coefficient (Wildman–Crippen LogP) is 11.9. The van der Waals surface area contributed by atoms with Crippen LogP contribution in [0, 0.1) is 0 Å². The van der Waals surface area contributed by atoms with Gasteiger partial charge < -0.3 is 4.74 Å². The molecule has 1 aliphatic rings. The molecule has 0 saturated heterocycles. The SMILES string of the molecule is C=C(C)C(=O)OCCCCCC1(C(=C)CC)c2ccccc2-c2ccc(-c3cc(Br)c4ccc5cccc6ccc3c4c56)cc21. The average Bonchev–Trinajstić information content (AvgIpc) is 3.35. The van der Waals surface area contributed by atoms with Gasteiger partial charge in [-0.25, -0.2) is 4.79 Å². The number of rotatable bonds is 10. The van der Waals surface area contributed by atoms with Crippen molar-refractivity contribution in [2.75, 3.05) is 6.61 Å². The van der Waals surface area contributed by atoms with Crippen LogP contribution in [0.1, 0.15) is 57.1 Å². The topological polar surface area (TPSA) is 26.3 Å². The number of esters is 1. The number of fused-ring (bicyclic) bond motifs is 3. The van der Waals surface area contributed by atoms with Crippen LogP contribution in [0.3, 0.4) is 0 Å². The van der Waals surface area contributed by atoms with Crippen molar-refractivity contribution in [3.05, 3.63) is 131 Å². The summed E-state index contributed by atoms with van der Waals surface area (Å²) in [6.07, 6.45) is 4.68. The molecule has 45 heavy (non-hydrogen) atoms. The fourth-order valence-corrected chi connectivity index (χ4v) is 8.21. The highest BCUT2D eigenvalue weighted by Crippen LogP contribution is 2.56. The van der Waals surface area contributed by atoms with Crippen LogP contribution in [0.5, 0.6) is 0 Å². The van der Waals surface area contributed by atoms with E-state index in [0.29, 0.717) is 12.2 Å². The highest BCUT2D eigenvalue weighted by Gasteiger charge is 2.44. The Morgan fingerprint density at radius 1 is 0.756 bits per heavy atom. The molecule has 0 radical (unpaired) electrons. The van der Waals surface area contributed by atoms with Gasteiger partial charge in [-0.3, -0.25) is 0 Å². The molecule has 0 fully saturated rings. The van der Waals surface area contributed by atoms with Gasteiger partial charge in [0, 0.05) is 15.5 Å². The van der Waals surface area contributed by atoms with Crippen molar-refractivity contribution < 1.29 is 9.53 Å². The van der Waals surface area contributed by atoms with Gasteiger partial charge in [-0.1, -0.05) is 133 Å². The lowest BCUT2D eigenvalue weighted by molar-refractivity contribution is -0.139. The van der Waals surface area contributed by atoms with Crippen LogP contribution in [-0.4, -0.2) is 12.6 Å². The van der Waals surface area contributed by atoms with Crippen molar-refractivity contribution in [2.24, 2.45) is 0 Å². The molecule has 0 aliphatic heterocycles. The monoisotopic (exact) mass is 652 g/mol. The lowest BCUT2D eigenvalue weighted by Gasteiger charge is -2.35. The van der Waals surface area contributed by atoms with E-state index in [4.69, 9.17) is 11.3 Å². The Labute approximate surface area is 273 Å². The largest absolute Gasteiger partial charge is 0.462 e. The normalized spacial score (nSPS) is 15.4. The molecule has 6 aromatic rings. The Morgan fingerprint density at radius 2 is 1.49 bits per heavy atom. The van der Waals surface area contributed by atoms with Gasteiger partial charge in [0.05, 0.1) is 6.61 Å². The molecule has 7 rings (SSSR count). The number of unbranched alkanes of at least 4 members (excludes halogenated alkanes) is 2. The second-order valence-electron chi connectivity index (χ2n) is 12.5. The van der Waals surface area contributed by atoms with Crippen LogP contribution < -0.4 is 0 Å². The Kier molecular flexibility index (Phi) is 7.61. The van der Waals surface area contributed by atoms with Gasteiger partial charge in [-0.2, -0.15) is 0 Å². The zero-order valence-corrected chi connectivity index (χ0v) is 27.6. The molecule has 1 unspecified atom stereocenters. The molecular formula is C42H37BrO2. The molecule has 0 heterocycles. The van der Waals surface area contributed by atoms with Crippen LogP contribution in [0.2, 0.25) is 0 Å². The fourth-order valence-electron chi connectivity index (χ4n) is 7.65. The minimum Gasteiger partial charge on any atom is -0.462 e. The van der Waals surface area contributed by atoms with Gasteiger partial charge >= 0.3 is 5.97 Å². The number of hydrogen-bond acceptors (Lipinski definition) is 2. The van der Waals surface area contributed by atoms with E-state index in [0.717, 1.165) is 36.6 Å². The van der Waals surface area contributed by atoms with E-state index in [-0.39, 0.29) is 11.4 Å². The first-order chi connectivity index (χ1) is 21.8. The Hall–Kier alpha value is -4.21. The van der Waals surface area contributed by atoms with E-state index >= 15 is 0 Å². The minimum absolute atomic E-state index is 0.272. The van der Waals surface area contributed by atoms with Gasteiger partial charge in [-0.15, -0.1) is 0 Å². The molecule has 0 amide bonds. The zero-order chi connectivity index (χ0) is 31.3. The van der Waals surface area contributed by atoms with E-state index in [2.05, 4.69) is 120 Å². The fraction of sp³-hybridized carbons (Fsp3) is 0.214. The van der Waals surface area contributed by atoms with Gasteiger partial charge in [-0.05, 0) is 104 Å². The molecule has 6 aromatic carbocycles. The van der Waals surface area contributed by atoms with Crippen LogP contribution in [0.4, 0.5) is 0 Å². The summed E-state index contributed by atoms with van der Waals surface area (Å²) in [5.41, 5.74) is 9.19. The maximum absolute atomic E-state index is 11.9. The molecule has 3 heteroatoms. The maximum Gasteiger partial charge on any atom is 0.333 e. The van der Waals surface area contributed by atoms with Crippen LogP contribution in [0.25, 0.3) is 54.6 Å². The van der Waals surface area contributed by atoms with Gasteiger partial charge in [0.15, 0.2) is 0 Å². The molecule has 224 valence electrons. The number of benzene rings is 6. The second kappa shape index (κ2) is 11.6. The smallest absolute Gasteiger partial charge is 0.333 e. The number of allylic oxidation sites excluding steroid dienone is 1. The summed E-state index contributed by atoms with van der Waals surface area (Å²) in [6, 6.07) is 33.9. The van der Waals surface area contributed by atoms with Gasteiger partial charge in [0.2, 0.25) is 0 Å². The third-order valence-electron chi connectivity index (χ3n) is 9.87. The summed E-state index contributed by atoms with van der Waals surface area (Å²) >= 11 is 3.95. The first-order valence-electron chi connectivity index (χ1n) is 16.0. The molecule has 0 bridgehead atoms. The van der Waals surface area contributed by atoms with Gasteiger partial charge in [0.1, 0.15) is 0 Å². The molecule has 0 N–H and O–H groups in total. The van der Waals surface area contributed by atoms with Crippen molar-refractivity contribution in [1.29, 1.82) is 0 Å². The standard InChI is InChI=1S/C42H37BrO2/c1-5-27(4)42(22-9-6-10-23-45-41(44)26(2)3)36-15-8-7-14-31(36)32-19-18-30(24-37(32)42)35-25-38(43)34-21-17-29-13-11-12-28-16-20-33(35)40(34)39(28)29/h7-8,11-21,24-25H,2,4-6,9-10,22-23H2,1,3H3. The Bertz CT molecular complexity index is 2120. The van der Waals surface area contributed by atoms with E-state index in [1.165, 1.54) is 71.3 Å². The van der Waals surface area contributed by atoms with Crippen LogP contribution in [0.15, 0.2) is 120 Å². The van der Waals surface area contributed by atoms with Crippen LogP contribution in [-0.2, 0) is 14.9 Å². The summed E-state index contributed by atoms with van der Waals surface area (Å²) in [4.78, 5) is 11.9. The van der Waals surface area contributed by atoms with E-state index in [1.807, 2.05) is 0 Å². The van der Waals surface area contributed by atoms with Crippen molar-refractivity contribution in [3.63, 3.8) is 0 Å². The third-order valence-corrected chi connectivity index (χ3v) is 10.5.